The van der Waals surface area contributed by atoms with Gasteiger partial charge in [-0.25, -0.2) is 8.78 Å². The Morgan fingerprint density at radius 2 is 1.73 bits per heavy atom. The van der Waals surface area contributed by atoms with Crippen LogP contribution in [0.25, 0.3) is 0 Å². The van der Waals surface area contributed by atoms with Crippen LogP contribution in [0.1, 0.15) is 12.8 Å². The number of halogens is 2. The van der Waals surface area contributed by atoms with E-state index in [9.17, 15) is 13.6 Å². The fourth-order valence-electron chi connectivity index (χ4n) is 2.96. The van der Waals surface area contributed by atoms with E-state index in [1.54, 1.807) is 29.2 Å². The van der Waals surface area contributed by atoms with Crippen LogP contribution in [0.4, 0.5) is 20.2 Å². The van der Waals surface area contributed by atoms with Gasteiger partial charge in [-0.15, -0.1) is 0 Å². The van der Waals surface area contributed by atoms with Crippen LogP contribution in [0.2, 0.25) is 0 Å². The van der Waals surface area contributed by atoms with Gasteiger partial charge in [-0.1, -0.05) is 12.1 Å². The highest BCUT2D eigenvalue weighted by atomic mass is 19.1. The maximum Gasteiger partial charge on any atom is 0.262 e. The zero-order valence-electron chi connectivity index (χ0n) is 14.4. The normalized spacial score (nSPS) is 13.6. The summed E-state index contributed by atoms with van der Waals surface area (Å²) < 4.78 is 39.1. The molecule has 0 spiro atoms. The molecular weight excluding hydrogens is 342 g/mol. The van der Waals surface area contributed by atoms with Crippen molar-refractivity contribution in [2.45, 2.75) is 12.8 Å². The number of hydrogen-bond acceptors (Lipinski definition) is 4. The number of nitrogens with one attached hydrogen (secondary N) is 1. The first-order valence-electron chi connectivity index (χ1n) is 8.38. The van der Waals surface area contributed by atoms with Crippen molar-refractivity contribution in [1.82, 2.24) is 0 Å². The van der Waals surface area contributed by atoms with Gasteiger partial charge in [0.05, 0.1) is 7.11 Å². The van der Waals surface area contributed by atoms with E-state index in [0.717, 1.165) is 25.0 Å². The molecule has 1 fully saturated rings. The maximum absolute atomic E-state index is 14.3. The Hall–Kier alpha value is -2.83. The average molecular weight is 362 g/mol. The van der Waals surface area contributed by atoms with Crippen molar-refractivity contribution in [2.24, 2.45) is 0 Å². The van der Waals surface area contributed by atoms with Gasteiger partial charge >= 0.3 is 0 Å². The van der Waals surface area contributed by atoms with Gasteiger partial charge in [0.25, 0.3) is 5.91 Å². The van der Waals surface area contributed by atoms with Crippen molar-refractivity contribution < 1.29 is 23.0 Å². The Bertz CT molecular complexity index is 769. The minimum absolute atomic E-state index is 0.0363. The summed E-state index contributed by atoms with van der Waals surface area (Å²) in [5.74, 6) is -0.997. The zero-order chi connectivity index (χ0) is 18.5. The molecule has 1 saturated heterocycles. The van der Waals surface area contributed by atoms with E-state index < -0.39 is 17.5 Å². The number of rotatable bonds is 6. The predicted molar refractivity (Wildman–Crippen MR) is 94.9 cm³/mol. The molecule has 1 amide bonds. The largest absolute Gasteiger partial charge is 0.493 e. The SMILES string of the molecule is COc1ccccc1OCC(=O)Nc1cc(F)c(N2CCCC2)c(F)c1. The molecule has 0 saturated carbocycles. The van der Waals surface area contributed by atoms with E-state index in [0.29, 0.717) is 24.6 Å². The van der Waals surface area contributed by atoms with Gasteiger partial charge in [0.2, 0.25) is 0 Å². The summed E-state index contributed by atoms with van der Waals surface area (Å²) >= 11 is 0. The number of methoxy groups -OCH3 is 1. The van der Waals surface area contributed by atoms with Crippen LogP contribution in [0.5, 0.6) is 11.5 Å². The Kier molecular flexibility index (Phi) is 5.55. The molecule has 0 radical (unpaired) electrons. The molecule has 0 aromatic heterocycles. The number of benzene rings is 2. The van der Waals surface area contributed by atoms with Crippen molar-refractivity contribution in [3.05, 3.63) is 48.0 Å². The lowest BCUT2D eigenvalue weighted by atomic mass is 10.2. The number of ether oxygens (including phenoxy) is 2. The summed E-state index contributed by atoms with van der Waals surface area (Å²) in [4.78, 5) is 13.7. The van der Waals surface area contributed by atoms with Crippen LogP contribution < -0.4 is 19.7 Å². The summed E-state index contributed by atoms with van der Waals surface area (Å²) in [5.41, 5.74) is 0.0161. The number of hydrogen-bond donors (Lipinski definition) is 1. The molecule has 1 aliphatic rings. The fourth-order valence-corrected chi connectivity index (χ4v) is 2.96. The second-order valence-electron chi connectivity index (χ2n) is 5.97. The van der Waals surface area contributed by atoms with E-state index in [4.69, 9.17) is 9.47 Å². The van der Waals surface area contributed by atoms with Crippen molar-refractivity contribution in [3.63, 3.8) is 0 Å². The summed E-state index contributed by atoms with van der Waals surface area (Å²) in [5, 5.41) is 2.45. The summed E-state index contributed by atoms with van der Waals surface area (Å²) in [6.45, 7) is 0.954. The topological polar surface area (TPSA) is 50.8 Å². The summed E-state index contributed by atoms with van der Waals surface area (Å²) in [6.07, 6.45) is 1.83. The highest BCUT2D eigenvalue weighted by molar-refractivity contribution is 5.92. The molecule has 138 valence electrons. The first-order valence-corrected chi connectivity index (χ1v) is 8.38. The van der Waals surface area contributed by atoms with Gasteiger partial charge in [-0.05, 0) is 37.1 Å². The van der Waals surface area contributed by atoms with Crippen LogP contribution >= 0.6 is 0 Å². The molecule has 0 aliphatic carbocycles. The molecule has 1 heterocycles. The third-order valence-electron chi connectivity index (χ3n) is 4.15. The number of carbonyl (C=O) groups is 1. The Labute approximate surface area is 150 Å². The Morgan fingerprint density at radius 3 is 2.35 bits per heavy atom. The molecule has 0 atom stereocenters. The van der Waals surface area contributed by atoms with Crippen molar-refractivity contribution in [3.8, 4) is 11.5 Å². The van der Waals surface area contributed by atoms with Crippen molar-refractivity contribution >= 4 is 17.3 Å². The lowest BCUT2D eigenvalue weighted by molar-refractivity contribution is -0.118. The zero-order valence-corrected chi connectivity index (χ0v) is 14.4. The molecule has 2 aromatic rings. The number of para-hydroxylation sites is 2. The first-order chi connectivity index (χ1) is 12.6. The van der Waals surface area contributed by atoms with Crippen LogP contribution in [-0.2, 0) is 4.79 Å². The number of anilines is 2. The minimum atomic E-state index is -0.687. The third kappa shape index (κ3) is 4.04. The minimum Gasteiger partial charge on any atom is -0.493 e. The highest BCUT2D eigenvalue weighted by Gasteiger charge is 2.21. The molecule has 0 unspecified atom stereocenters. The molecular formula is C19H20F2N2O3. The molecule has 2 aromatic carbocycles. The molecule has 1 aliphatic heterocycles. The first kappa shape index (κ1) is 18.0. The monoisotopic (exact) mass is 362 g/mol. The van der Waals surface area contributed by atoms with Crippen LogP contribution in [0.3, 0.4) is 0 Å². The lowest BCUT2D eigenvalue weighted by Gasteiger charge is -2.20. The number of nitrogens with zero attached hydrogens (tertiary/aromatic N) is 1. The van der Waals surface area contributed by atoms with E-state index >= 15 is 0 Å². The van der Waals surface area contributed by atoms with E-state index in [2.05, 4.69) is 5.32 Å². The summed E-state index contributed by atoms with van der Waals surface area (Å²) in [7, 11) is 1.50. The van der Waals surface area contributed by atoms with E-state index in [1.165, 1.54) is 7.11 Å². The van der Waals surface area contributed by atoms with E-state index in [-0.39, 0.29) is 18.0 Å². The highest BCUT2D eigenvalue weighted by Crippen LogP contribution is 2.30. The second kappa shape index (κ2) is 8.03. The van der Waals surface area contributed by atoms with Gasteiger partial charge in [0.1, 0.15) is 5.69 Å². The summed E-state index contributed by atoms with van der Waals surface area (Å²) in [6, 6.07) is 9.14. The third-order valence-corrected chi connectivity index (χ3v) is 4.15. The standard InChI is InChI=1S/C19H20F2N2O3/c1-25-16-6-2-3-7-17(16)26-12-18(24)22-13-10-14(20)19(15(21)11-13)23-8-4-5-9-23/h2-3,6-7,10-11H,4-5,8-9,12H2,1H3,(H,22,24). The van der Waals surface area contributed by atoms with Crippen LogP contribution in [-0.4, -0.2) is 32.7 Å². The molecule has 7 heteroatoms. The van der Waals surface area contributed by atoms with Gasteiger partial charge < -0.3 is 19.7 Å². The average Bonchev–Trinajstić information content (AvgIpc) is 3.13. The lowest BCUT2D eigenvalue weighted by Crippen LogP contribution is -2.22. The van der Waals surface area contributed by atoms with E-state index in [1.807, 2.05) is 0 Å². The molecule has 26 heavy (non-hydrogen) atoms. The van der Waals surface area contributed by atoms with Crippen molar-refractivity contribution in [1.29, 1.82) is 0 Å². The van der Waals surface area contributed by atoms with Gasteiger partial charge in [0.15, 0.2) is 29.7 Å². The molecule has 1 N–H and O–H groups in total. The van der Waals surface area contributed by atoms with Gasteiger partial charge in [-0.3, -0.25) is 4.79 Å². The quantitative estimate of drug-likeness (QED) is 0.853. The molecule has 3 rings (SSSR count). The fraction of sp³-hybridized carbons (Fsp3) is 0.316. The van der Waals surface area contributed by atoms with Crippen LogP contribution in [0.15, 0.2) is 36.4 Å². The van der Waals surface area contributed by atoms with Gasteiger partial charge in [-0.2, -0.15) is 0 Å². The molecule has 5 nitrogen and oxygen atoms in total. The van der Waals surface area contributed by atoms with Crippen LogP contribution in [0, 0.1) is 11.6 Å². The predicted octanol–water partition coefficient (Wildman–Crippen LogP) is 3.59. The smallest absolute Gasteiger partial charge is 0.262 e. The molecule has 0 bridgehead atoms. The number of carbonyl (C=O) groups excluding carboxylic acids is 1. The maximum atomic E-state index is 14.3. The Balaban J connectivity index is 1.64. The van der Waals surface area contributed by atoms with Crippen molar-refractivity contribution in [2.75, 3.05) is 37.0 Å². The Morgan fingerprint density at radius 1 is 1.12 bits per heavy atom. The number of amides is 1. The van der Waals surface area contributed by atoms with Gasteiger partial charge in [0, 0.05) is 18.8 Å². The second-order valence-corrected chi connectivity index (χ2v) is 5.97.